The SMILES string of the molecule is CCNS(=O)(=O)c1ccc(NCCCSCC)cc1. The predicted octanol–water partition coefficient (Wildman–Crippen LogP) is 2.54. The molecule has 0 aliphatic rings. The van der Waals surface area contributed by atoms with Gasteiger partial charge in [0.1, 0.15) is 0 Å². The van der Waals surface area contributed by atoms with E-state index in [0.717, 1.165) is 30.2 Å². The minimum Gasteiger partial charge on any atom is -0.385 e. The molecule has 0 heterocycles. The van der Waals surface area contributed by atoms with E-state index in [2.05, 4.69) is 17.0 Å². The maximum Gasteiger partial charge on any atom is 0.240 e. The molecule has 2 N–H and O–H groups in total. The smallest absolute Gasteiger partial charge is 0.240 e. The van der Waals surface area contributed by atoms with Crippen molar-refractivity contribution in [2.45, 2.75) is 25.2 Å². The fraction of sp³-hybridized carbons (Fsp3) is 0.538. The van der Waals surface area contributed by atoms with Gasteiger partial charge in [-0.15, -0.1) is 0 Å². The Kier molecular flexibility index (Phi) is 7.27. The second-order valence-corrected chi connectivity index (χ2v) is 7.16. The molecule has 19 heavy (non-hydrogen) atoms. The average Bonchev–Trinajstić information content (AvgIpc) is 2.39. The second kappa shape index (κ2) is 8.45. The Labute approximate surface area is 120 Å². The van der Waals surface area contributed by atoms with Crippen LogP contribution in [0, 0.1) is 0 Å². The first kappa shape index (κ1) is 16.3. The van der Waals surface area contributed by atoms with E-state index in [0.29, 0.717) is 11.4 Å². The van der Waals surface area contributed by atoms with Crippen LogP contribution in [0.2, 0.25) is 0 Å². The van der Waals surface area contributed by atoms with Crippen molar-refractivity contribution >= 4 is 27.5 Å². The Morgan fingerprint density at radius 3 is 2.42 bits per heavy atom. The molecule has 108 valence electrons. The van der Waals surface area contributed by atoms with E-state index in [4.69, 9.17) is 0 Å². The average molecular weight is 302 g/mol. The van der Waals surface area contributed by atoms with Gasteiger partial charge in [0.05, 0.1) is 4.90 Å². The highest BCUT2D eigenvalue weighted by atomic mass is 32.2. The maximum atomic E-state index is 11.7. The summed E-state index contributed by atoms with van der Waals surface area (Å²) in [4.78, 5) is 0.307. The van der Waals surface area contributed by atoms with Crippen LogP contribution in [-0.4, -0.2) is 33.0 Å². The summed E-state index contributed by atoms with van der Waals surface area (Å²) >= 11 is 1.93. The first-order valence-electron chi connectivity index (χ1n) is 6.51. The third-order valence-corrected chi connectivity index (χ3v) is 5.04. The lowest BCUT2D eigenvalue weighted by molar-refractivity contribution is 0.584. The highest BCUT2D eigenvalue weighted by Crippen LogP contribution is 2.14. The number of anilines is 1. The second-order valence-electron chi connectivity index (χ2n) is 4.00. The van der Waals surface area contributed by atoms with Gasteiger partial charge in [-0.05, 0) is 42.2 Å². The van der Waals surface area contributed by atoms with Crippen molar-refractivity contribution in [1.82, 2.24) is 4.72 Å². The molecule has 0 fully saturated rings. The first-order valence-corrected chi connectivity index (χ1v) is 9.15. The molecule has 0 amide bonds. The zero-order valence-electron chi connectivity index (χ0n) is 11.5. The number of hydrogen-bond donors (Lipinski definition) is 2. The minimum atomic E-state index is -3.34. The van der Waals surface area contributed by atoms with Crippen LogP contribution in [0.5, 0.6) is 0 Å². The zero-order valence-corrected chi connectivity index (χ0v) is 13.1. The molecule has 1 aromatic rings. The van der Waals surface area contributed by atoms with Crippen LogP contribution in [0.3, 0.4) is 0 Å². The van der Waals surface area contributed by atoms with Crippen molar-refractivity contribution in [1.29, 1.82) is 0 Å². The summed E-state index contributed by atoms with van der Waals surface area (Å²) in [6.45, 7) is 5.23. The molecule has 0 aliphatic heterocycles. The Morgan fingerprint density at radius 1 is 1.16 bits per heavy atom. The van der Waals surface area contributed by atoms with Crippen LogP contribution < -0.4 is 10.0 Å². The molecular weight excluding hydrogens is 280 g/mol. The van der Waals surface area contributed by atoms with Crippen LogP contribution in [0.1, 0.15) is 20.3 Å². The zero-order chi connectivity index (χ0) is 14.1. The summed E-state index contributed by atoms with van der Waals surface area (Å²) < 4.78 is 26.0. The quantitative estimate of drug-likeness (QED) is 0.688. The number of benzene rings is 1. The predicted molar refractivity (Wildman–Crippen MR) is 83.4 cm³/mol. The number of sulfonamides is 1. The normalized spacial score (nSPS) is 11.5. The highest BCUT2D eigenvalue weighted by molar-refractivity contribution is 7.99. The topological polar surface area (TPSA) is 58.2 Å². The van der Waals surface area contributed by atoms with Crippen molar-refractivity contribution in [2.24, 2.45) is 0 Å². The minimum absolute atomic E-state index is 0.307. The summed E-state index contributed by atoms with van der Waals surface area (Å²) in [6.07, 6.45) is 1.11. The molecule has 4 nitrogen and oxygen atoms in total. The van der Waals surface area contributed by atoms with Gasteiger partial charge in [0, 0.05) is 18.8 Å². The molecular formula is C13H22N2O2S2. The number of thioether (sulfide) groups is 1. The molecule has 1 rings (SSSR count). The van der Waals surface area contributed by atoms with Gasteiger partial charge < -0.3 is 5.32 Å². The Morgan fingerprint density at radius 2 is 1.84 bits per heavy atom. The van der Waals surface area contributed by atoms with E-state index in [1.54, 1.807) is 31.2 Å². The van der Waals surface area contributed by atoms with Crippen LogP contribution in [-0.2, 0) is 10.0 Å². The molecule has 0 spiro atoms. The van der Waals surface area contributed by atoms with Crippen molar-refractivity contribution in [2.75, 3.05) is 29.9 Å². The van der Waals surface area contributed by atoms with Gasteiger partial charge in [0.25, 0.3) is 0 Å². The molecule has 0 saturated heterocycles. The summed E-state index contributed by atoms with van der Waals surface area (Å²) in [5.74, 6) is 2.30. The molecule has 0 unspecified atom stereocenters. The van der Waals surface area contributed by atoms with E-state index >= 15 is 0 Å². The number of hydrogen-bond acceptors (Lipinski definition) is 4. The summed E-state index contributed by atoms with van der Waals surface area (Å²) in [5, 5.41) is 3.29. The van der Waals surface area contributed by atoms with Crippen molar-refractivity contribution in [3.8, 4) is 0 Å². The van der Waals surface area contributed by atoms with E-state index < -0.39 is 10.0 Å². The lowest BCUT2D eigenvalue weighted by atomic mass is 10.3. The third kappa shape index (κ3) is 5.84. The maximum absolute atomic E-state index is 11.7. The monoisotopic (exact) mass is 302 g/mol. The molecule has 0 saturated carbocycles. The molecule has 6 heteroatoms. The molecule has 0 atom stereocenters. The van der Waals surface area contributed by atoms with Gasteiger partial charge in [-0.1, -0.05) is 13.8 Å². The standard InChI is InChI=1S/C13H22N2O2S2/c1-3-15-19(16,17)13-8-6-12(7-9-13)14-10-5-11-18-4-2/h6-9,14-15H,3-5,10-11H2,1-2H3. The Hall–Kier alpha value is -0.720. The number of rotatable bonds is 9. The van der Waals surface area contributed by atoms with E-state index in [9.17, 15) is 8.42 Å². The van der Waals surface area contributed by atoms with Gasteiger partial charge in [-0.3, -0.25) is 0 Å². The Balaban J connectivity index is 2.48. The molecule has 0 aliphatic carbocycles. The van der Waals surface area contributed by atoms with Crippen molar-refractivity contribution < 1.29 is 8.42 Å². The largest absolute Gasteiger partial charge is 0.385 e. The van der Waals surface area contributed by atoms with E-state index in [-0.39, 0.29) is 0 Å². The van der Waals surface area contributed by atoms with Crippen molar-refractivity contribution in [3.05, 3.63) is 24.3 Å². The molecule has 0 radical (unpaired) electrons. The van der Waals surface area contributed by atoms with Crippen LogP contribution in [0.15, 0.2) is 29.2 Å². The number of nitrogens with one attached hydrogen (secondary N) is 2. The molecule has 0 aromatic heterocycles. The van der Waals surface area contributed by atoms with Gasteiger partial charge >= 0.3 is 0 Å². The Bertz CT molecular complexity index is 458. The highest BCUT2D eigenvalue weighted by Gasteiger charge is 2.11. The van der Waals surface area contributed by atoms with Crippen LogP contribution >= 0.6 is 11.8 Å². The molecule has 0 bridgehead atoms. The first-order chi connectivity index (χ1) is 9.10. The van der Waals surface area contributed by atoms with Crippen LogP contribution in [0.25, 0.3) is 0 Å². The molecule has 1 aromatic carbocycles. The van der Waals surface area contributed by atoms with Gasteiger partial charge in [-0.2, -0.15) is 11.8 Å². The van der Waals surface area contributed by atoms with Crippen LogP contribution in [0.4, 0.5) is 5.69 Å². The third-order valence-electron chi connectivity index (χ3n) is 2.50. The van der Waals surface area contributed by atoms with E-state index in [1.165, 1.54) is 0 Å². The van der Waals surface area contributed by atoms with Crippen molar-refractivity contribution in [3.63, 3.8) is 0 Å². The van der Waals surface area contributed by atoms with Gasteiger partial charge in [-0.25, -0.2) is 13.1 Å². The fourth-order valence-electron chi connectivity index (χ4n) is 1.58. The summed E-state index contributed by atoms with van der Waals surface area (Å²) in [5.41, 5.74) is 0.956. The van der Waals surface area contributed by atoms with Gasteiger partial charge in [0.15, 0.2) is 0 Å². The van der Waals surface area contributed by atoms with E-state index in [1.807, 2.05) is 11.8 Å². The summed E-state index contributed by atoms with van der Waals surface area (Å²) in [7, 11) is -3.34. The lowest BCUT2D eigenvalue weighted by Crippen LogP contribution is -2.23. The summed E-state index contributed by atoms with van der Waals surface area (Å²) in [6, 6.07) is 6.86. The fourth-order valence-corrected chi connectivity index (χ4v) is 3.25. The lowest BCUT2D eigenvalue weighted by Gasteiger charge is -2.08. The van der Waals surface area contributed by atoms with Gasteiger partial charge in [0.2, 0.25) is 10.0 Å².